The van der Waals surface area contributed by atoms with Gasteiger partial charge in [0.25, 0.3) is 0 Å². The van der Waals surface area contributed by atoms with E-state index in [2.05, 4.69) is 26.8 Å². The van der Waals surface area contributed by atoms with Crippen molar-refractivity contribution in [3.05, 3.63) is 22.8 Å². The summed E-state index contributed by atoms with van der Waals surface area (Å²) in [6.45, 7) is 6.71. The van der Waals surface area contributed by atoms with E-state index in [0.717, 1.165) is 19.3 Å². The molecule has 0 saturated carbocycles. The largest absolute Gasteiger partial charge is 0.399 e. The number of rotatable bonds is 6. The minimum Gasteiger partial charge on any atom is -0.399 e. The molecule has 0 aromatic heterocycles. The normalized spacial score (nSPS) is 20.9. The summed E-state index contributed by atoms with van der Waals surface area (Å²) in [4.78, 5) is 0. The van der Waals surface area contributed by atoms with Gasteiger partial charge in [-0.3, -0.25) is 0 Å². The second-order valence-electron chi connectivity index (χ2n) is 4.12. The quantitative estimate of drug-likeness (QED) is 0.663. The molecule has 3 heteroatoms. The van der Waals surface area contributed by atoms with E-state index in [4.69, 9.17) is 8.85 Å². The minimum absolute atomic E-state index is 0.449. The summed E-state index contributed by atoms with van der Waals surface area (Å²) in [5.74, 6) is 0. The van der Waals surface area contributed by atoms with Gasteiger partial charge in [-0.1, -0.05) is 32.4 Å². The maximum atomic E-state index is 5.54. The Hall–Kier alpha value is -0.383. The molecule has 2 nitrogen and oxygen atoms in total. The van der Waals surface area contributed by atoms with Gasteiger partial charge in [0.2, 0.25) is 0 Å². The zero-order valence-electron chi connectivity index (χ0n) is 11.2. The van der Waals surface area contributed by atoms with Crippen LogP contribution in [0.15, 0.2) is 22.8 Å². The van der Waals surface area contributed by atoms with Crippen LogP contribution in [0.3, 0.4) is 0 Å². The first-order valence-electron chi connectivity index (χ1n) is 6.21. The summed E-state index contributed by atoms with van der Waals surface area (Å²) in [5.41, 5.74) is 5.07. The van der Waals surface area contributed by atoms with Gasteiger partial charge in [-0.25, -0.2) is 0 Å². The van der Waals surface area contributed by atoms with Crippen LogP contribution < -0.4 is 0 Å². The van der Waals surface area contributed by atoms with Crippen molar-refractivity contribution in [3.63, 3.8) is 0 Å². The van der Waals surface area contributed by atoms with E-state index in [1.165, 1.54) is 5.57 Å². The van der Waals surface area contributed by atoms with Crippen LogP contribution >= 0.6 is 0 Å². The highest BCUT2D eigenvalue weighted by molar-refractivity contribution is 6.48. The van der Waals surface area contributed by atoms with Crippen molar-refractivity contribution in [1.82, 2.24) is 0 Å². The van der Waals surface area contributed by atoms with Gasteiger partial charge in [0.05, 0.1) is 0 Å². The fourth-order valence-electron chi connectivity index (χ4n) is 2.69. The average Bonchev–Trinajstić information content (AvgIpc) is 2.68. The van der Waals surface area contributed by atoms with E-state index in [-0.39, 0.29) is 0 Å². The Morgan fingerprint density at radius 1 is 1.06 bits per heavy atom. The van der Waals surface area contributed by atoms with Crippen molar-refractivity contribution in [3.8, 4) is 0 Å². The molecular formula is C13H24O2Si. The van der Waals surface area contributed by atoms with Gasteiger partial charge in [0, 0.05) is 19.8 Å². The third-order valence-corrected chi connectivity index (χ3v) is 5.54. The molecule has 0 heterocycles. The van der Waals surface area contributed by atoms with Crippen LogP contribution in [0.1, 0.15) is 40.0 Å². The lowest BCUT2D eigenvalue weighted by Crippen LogP contribution is -2.25. The van der Waals surface area contributed by atoms with Crippen LogP contribution in [0, 0.1) is 0 Å². The summed E-state index contributed by atoms with van der Waals surface area (Å²) in [6, 6.07) is 0. The Kier molecular flexibility index (Phi) is 5.45. The molecular weight excluding hydrogens is 216 g/mol. The highest BCUT2D eigenvalue weighted by atomic mass is 28.3. The molecule has 0 aromatic rings. The zero-order valence-corrected chi connectivity index (χ0v) is 12.3. The van der Waals surface area contributed by atoms with Gasteiger partial charge < -0.3 is 8.85 Å². The van der Waals surface area contributed by atoms with Gasteiger partial charge in [-0.2, -0.15) is 0 Å². The van der Waals surface area contributed by atoms with Crippen molar-refractivity contribution in [2.24, 2.45) is 0 Å². The summed E-state index contributed by atoms with van der Waals surface area (Å²) in [6.07, 6.45) is 5.76. The van der Waals surface area contributed by atoms with E-state index in [1.54, 1.807) is 25.4 Å². The maximum Gasteiger partial charge on any atom is 0.332 e. The minimum atomic E-state index is -1.56. The van der Waals surface area contributed by atoms with Crippen LogP contribution in [0.4, 0.5) is 0 Å². The fourth-order valence-corrected chi connectivity index (χ4v) is 4.63. The summed E-state index contributed by atoms with van der Waals surface area (Å²) < 4.78 is 11.1. The highest BCUT2D eigenvalue weighted by Gasteiger charge is 2.32. The predicted octanol–water partition coefficient (Wildman–Crippen LogP) is 3.34. The molecule has 0 saturated heterocycles. The Morgan fingerprint density at radius 2 is 1.69 bits per heavy atom. The monoisotopic (exact) mass is 240 g/mol. The average molecular weight is 240 g/mol. The van der Waals surface area contributed by atoms with Crippen LogP contribution in [0.5, 0.6) is 0 Å². The van der Waals surface area contributed by atoms with Crippen LogP contribution in [-0.4, -0.2) is 23.5 Å². The summed E-state index contributed by atoms with van der Waals surface area (Å²) in [7, 11) is 1.99. The second-order valence-corrected chi connectivity index (χ2v) is 6.52. The molecule has 0 radical (unpaired) electrons. The van der Waals surface area contributed by atoms with E-state index >= 15 is 0 Å². The van der Waals surface area contributed by atoms with E-state index in [1.807, 2.05) is 0 Å². The third kappa shape index (κ3) is 2.47. The maximum absolute atomic E-state index is 5.54. The molecule has 92 valence electrons. The smallest absolute Gasteiger partial charge is 0.332 e. The Morgan fingerprint density at radius 3 is 2.06 bits per heavy atom. The molecule has 0 bridgehead atoms. The zero-order chi connectivity index (χ0) is 12.1. The molecule has 0 aliphatic heterocycles. The Labute approximate surface area is 101 Å². The van der Waals surface area contributed by atoms with Crippen molar-refractivity contribution in [2.75, 3.05) is 14.2 Å². The van der Waals surface area contributed by atoms with Crippen LogP contribution in [0.25, 0.3) is 0 Å². The lowest BCUT2D eigenvalue weighted by atomic mass is 10.0. The molecule has 0 fully saturated rings. The molecule has 1 aliphatic carbocycles. The van der Waals surface area contributed by atoms with Crippen molar-refractivity contribution in [2.45, 2.75) is 45.6 Å². The number of allylic oxidation sites excluding steroid dienone is 4. The van der Waals surface area contributed by atoms with E-state index in [0.29, 0.717) is 5.54 Å². The predicted molar refractivity (Wildman–Crippen MR) is 70.9 cm³/mol. The van der Waals surface area contributed by atoms with Crippen LogP contribution in [0.2, 0.25) is 5.54 Å². The first-order chi connectivity index (χ1) is 7.73. The molecule has 0 amide bonds. The lowest BCUT2D eigenvalue weighted by molar-refractivity contribution is 0.274. The Balaban J connectivity index is 3.03. The topological polar surface area (TPSA) is 18.5 Å². The Bertz CT molecular complexity index is 290. The van der Waals surface area contributed by atoms with Gasteiger partial charge in [-0.05, 0) is 30.4 Å². The molecule has 1 atom stereocenters. The molecule has 16 heavy (non-hydrogen) atoms. The molecule has 0 aromatic carbocycles. The number of hydrogen-bond donors (Lipinski definition) is 0. The van der Waals surface area contributed by atoms with E-state index < -0.39 is 9.28 Å². The third-order valence-electron chi connectivity index (χ3n) is 3.43. The number of hydrogen-bond acceptors (Lipinski definition) is 2. The van der Waals surface area contributed by atoms with Crippen molar-refractivity contribution in [1.29, 1.82) is 0 Å². The molecule has 1 aliphatic rings. The highest BCUT2D eigenvalue weighted by Crippen LogP contribution is 2.41. The molecule has 0 N–H and O–H groups in total. The fraction of sp³-hybridized carbons (Fsp3) is 0.692. The standard InChI is InChI=1S/C13H24O2Si/c1-6-10-9-13(16(14-4)15-5)12(8-3)11(10)7-2/h9,13,16H,6-8H2,1-5H3. The van der Waals surface area contributed by atoms with Gasteiger partial charge in [-0.15, -0.1) is 0 Å². The van der Waals surface area contributed by atoms with Crippen molar-refractivity contribution >= 4 is 9.28 Å². The summed E-state index contributed by atoms with van der Waals surface area (Å²) >= 11 is 0. The first kappa shape index (κ1) is 13.7. The van der Waals surface area contributed by atoms with E-state index in [9.17, 15) is 0 Å². The first-order valence-corrected chi connectivity index (χ1v) is 7.82. The van der Waals surface area contributed by atoms with Crippen LogP contribution in [-0.2, 0) is 8.85 Å². The van der Waals surface area contributed by atoms with Crippen molar-refractivity contribution < 1.29 is 8.85 Å². The van der Waals surface area contributed by atoms with Gasteiger partial charge >= 0.3 is 9.28 Å². The SMILES string of the molecule is CCC1=CC([SiH](OC)OC)C(CC)=C1CC. The second kappa shape index (κ2) is 6.38. The van der Waals surface area contributed by atoms with Gasteiger partial charge in [0.15, 0.2) is 0 Å². The van der Waals surface area contributed by atoms with Gasteiger partial charge in [0.1, 0.15) is 0 Å². The molecule has 0 spiro atoms. The molecule has 1 unspecified atom stereocenters. The summed E-state index contributed by atoms with van der Waals surface area (Å²) in [5, 5.41) is 0. The lowest BCUT2D eigenvalue weighted by Gasteiger charge is -2.20. The molecule has 1 rings (SSSR count).